The van der Waals surface area contributed by atoms with Crippen LogP contribution < -0.4 is 10.2 Å². The molecule has 0 saturated heterocycles. The molecule has 1 rings (SSSR count). The number of thiophene rings is 1. The zero-order valence-corrected chi connectivity index (χ0v) is 7.99. The third-order valence-corrected chi connectivity index (χ3v) is 4.50. The smallest absolute Gasteiger partial charge is 0.249 e. The molecule has 0 aliphatic heterocycles. The third kappa shape index (κ3) is 1.27. The van der Waals surface area contributed by atoms with Crippen molar-refractivity contribution in [1.29, 1.82) is 0 Å². The summed E-state index contributed by atoms with van der Waals surface area (Å²) in [6.07, 6.45) is 0. The van der Waals surface area contributed by atoms with Gasteiger partial charge < -0.3 is 5.73 Å². The molecule has 0 bridgehead atoms. The van der Waals surface area contributed by atoms with Gasteiger partial charge in [0.15, 0.2) is 0 Å². The van der Waals surface area contributed by atoms with Crippen LogP contribution in [0.5, 0.6) is 0 Å². The highest BCUT2D eigenvalue weighted by molar-refractivity contribution is 7.20. The van der Waals surface area contributed by atoms with E-state index in [9.17, 15) is 4.79 Å². The molecule has 1 aromatic rings. The molecule has 2 nitrogen and oxygen atoms in total. The number of hydrogen-bond donors (Lipinski definition) is 1. The van der Waals surface area contributed by atoms with Crippen molar-refractivity contribution in [3.63, 3.8) is 0 Å². The first kappa shape index (κ1) is 7.49. The summed E-state index contributed by atoms with van der Waals surface area (Å²) < 4.78 is 1.22. The summed E-state index contributed by atoms with van der Waals surface area (Å²) >= 11 is 1.64. The topological polar surface area (TPSA) is 43.1 Å². The highest BCUT2D eigenvalue weighted by Crippen LogP contribution is 2.00. The molecule has 10 heavy (non-hydrogen) atoms. The first-order valence-corrected chi connectivity index (χ1v) is 6.12. The number of amides is 1. The maximum Gasteiger partial charge on any atom is 0.249 e. The van der Waals surface area contributed by atoms with Crippen LogP contribution in [-0.4, -0.2) is 15.4 Å². The van der Waals surface area contributed by atoms with Gasteiger partial charge in [-0.3, -0.25) is 4.79 Å². The van der Waals surface area contributed by atoms with Crippen molar-refractivity contribution in [2.75, 3.05) is 0 Å². The van der Waals surface area contributed by atoms with Gasteiger partial charge in [-0.05, 0) is 15.9 Å². The highest BCUT2D eigenvalue weighted by Gasteiger charge is 2.06. The van der Waals surface area contributed by atoms with Crippen LogP contribution >= 0.6 is 11.3 Å². The third-order valence-electron chi connectivity index (χ3n) is 1.33. The first-order valence-electron chi connectivity index (χ1n) is 3.12. The van der Waals surface area contributed by atoms with E-state index >= 15 is 0 Å². The fourth-order valence-electron chi connectivity index (χ4n) is 0.834. The summed E-state index contributed by atoms with van der Waals surface area (Å²) in [6.45, 7) is 2.15. The van der Waals surface area contributed by atoms with E-state index < -0.39 is 0 Å². The van der Waals surface area contributed by atoms with E-state index in [4.69, 9.17) is 5.73 Å². The Hall–Kier alpha value is -0.613. The Bertz CT molecular complexity index is 246. The van der Waals surface area contributed by atoms with E-state index in [0.717, 1.165) is 5.56 Å². The zero-order chi connectivity index (χ0) is 7.56. The van der Waals surface area contributed by atoms with Crippen LogP contribution in [0, 0.1) is 0 Å². The number of primary amides is 1. The maximum atomic E-state index is 10.7. The Labute approximate surface area is 65.9 Å². The summed E-state index contributed by atoms with van der Waals surface area (Å²) in [5, 5.41) is 1.92. The molecule has 0 saturated carbocycles. The summed E-state index contributed by atoms with van der Waals surface area (Å²) in [5.41, 5.74) is 5.86. The molecule has 0 aliphatic carbocycles. The molecule has 1 heterocycles. The van der Waals surface area contributed by atoms with Crippen LogP contribution in [0.15, 0.2) is 11.4 Å². The monoisotopic (exact) mass is 171 g/mol. The summed E-state index contributed by atoms with van der Waals surface area (Å²) in [7, 11) is -0.221. The van der Waals surface area contributed by atoms with Crippen LogP contribution in [0.4, 0.5) is 0 Å². The van der Waals surface area contributed by atoms with Gasteiger partial charge in [-0.1, -0.05) is 6.55 Å². The van der Waals surface area contributed by atoms with Gasteiger partial charge in [0, 0.05) is 5.56 Å². The minimum atomic E-state index is -0.286. The van der Waals surface area contributed by atoms with Crippen molar-refractivity contribution in [2.24, 2.45) is 5.73 Å². The van der Waals surface area contributed by atoms with Crippen molar-refractivity contribution in [3.05, 3.63) is 17.0 Å². The lowest BCUT2D eigenvalue weighted by Gasteiger charge is -1.92. The van der Waals surface area contributed by atoms with Gasteiger partial charge in [0.2, 0.25) is 5.91 Å². The maximum absolute atomic E-state index is 10.7. The molecule has 1 amide bonds. The van der Waals surface area contributed by atoms with Crippen LogP contribution in [0.3, 0.4) is 0 Å². The molecule has 54 valence electrons. The summed E-state index contributed by atoms with van der Waals surface area (Å²) in [4.78, 5) is 10.7. The SMILES string of the molecule is C[SiH2]c1sccc1C(N)=O. The fraction of sp³-hybridized carbons (Fsp3) is 0.167. The standard InChI is InChI=1S/C6H9NOSSi/c1-10-6-4(5(7)8)2-3-9-6/h2-3H,10H2,1H3,(H2,7,8). The molecule has 1 aromatic heterocycles. The Kier molecular flexibility index (Phi) is 2.24. The lowest BCUT2D eigenvalue weighted by molar-refractivity contribution is 0.100. The van der Waals surface area contributed by atoms with Gasteiger partial charge in [-0.15, -0.1) is 0 Å². The minimum absolute atomic E-state index is 0.221. The molecule has 4 heteroatoms. The molecule has 0 unspecified atom stereocenters. The van der Waals surface area contributed by atoms with Gasteiger partial charge in [0.1, 0.15) is 0 Å². The van der Waals surface area contributed by atoms with E-state index in [2.05, 4.69) is 6.55 Å². The normalized spacial score (nSPS) is 10.9. The zero-order valence-electron chi connectivity index (χ0n) is 5.76. The minimum Gasteiger partial charge on any atom is -0.366 e. The van der Waals surface area contributed by atoms with Gasteiger partial charge in [0.05, 0.1) is 9.52 Å². The Morgan fingerprint density at radius 3 is 2.90 bits per heavy atom. The van der Waals surface area contributed by atoms with E-state index in [-0.39, 0.29) is 15.4 Å². The second-order valence-electron chi connectivity index (χ2n) is 1.98. The molecular weight excluding hydrogens is 162 g/mol. The van der Waals surface area contributed by atoms with E-state index in [1.165, 1.54) is 4.50 Å². The predicted molar refractivity (Wildman–Crippen MR) is 46.9 cm³/mol. The summed E-state index contributed by atoms with van der Waals surface area (Å²) in [5.74, 6) is -0.286. The van der Waals surface area contributed by atoms with Crippen molar-refractivity contribution in [2.45, 2.75) is 6.55 Å². The van der Waals surface area contributed by atoms with Crippen LogP contribution in [0.2, 0.25) is 6.55 Å². The lowest BCUT2D eigenvalue weighted by Crippen LogP contribution is -2.21. The van der Waals surface area contributed by atoms with Crippen molar-refractivity contribution >= 4 is 31.3 Å². The quantitative estimate of drug-likeness (QED) is 0.609. The first-order chi connectivity index (χ1) is 4.75. The van der Waals surface area contributed by atoms with E-state index in [1.54, 1.807) is 17.4 Å². The number of hydrogen-bond acceptors (Lipinski definition) is 2. The molecule has 0 radical (unpaired) electrons. The molecule has 0 fully saturated rings. The fourth-order valence-corrected chi connectivity index (χ4v) is 3.13. The van der Waals surface area contributed by atoms with Crippen molar-refractivity contribution in [1.82, 2.24) is 0 Å². The van der Waals surface area contributed by atoms with Crippen LogP contribution in [0.1, 0.15) is 10.4 Å². The van der Waals surface area contributed by atoms with Crippen molar-refractivity contribution in [3.8, 4) is 0 Å². The lowest BCUT2D eigenvalue weighted by atomic mass is 10.3. The predicted octanol–water partition coefficient (Wildman–Crippen LogP) is -0.311. The molecule has 0 aliphatic rings. The number of nitrogens with two attached hydrogens (primary N) is 1. The van der Waals surface area contributed by atoms with Gasteiger partial charge in [-0.2, -0.15) is 11.3 Å². The largest absolute Gasteiger partial charge is 0.366 e. The van der Waals surface area contributed by atoms with Gasteiger partial charge in [-0.25, -0.2) is 0 Å². The Balaban J connectivity index is 3.01. The second-order valence-corrected chi connectivity index (χ2v) is 4.90. The highest BCUT2D eigenvalue weighted by atomic mass is 32.1. The Morgan fingerprint density at radius 1 is 1.80 bits per heavy atom. The summed E-state index contributed by atoms with van der Waals surface area (Å²) in [6, 6.07) is 1.80. The number of carbonyl (C=O) groups is 1. The average Bonchev–Trinajstić information content (AvgIpc) is 2.33. The van der Waals surface area contributed by atoms with Gasteiger partial charge >= 0.3 is 0 Å². The van der Waals surface area contributed by atoms with Crippen LogP contribution in [-0.2, 0) is 0 Å². The van der Waals surface area contributed by atoms with E-state index in [1.807, 2.05) is 5.38 Å². The Morgan fingerprint density at radius 2 is 2.50 bits per heavy atom. The molecule has 2 N–H and O–H groups in total. The number of rotatable bonds is 2. The molecule has 0 aromatic carbocycles. The van der Waals surface area contributed by atoms with E-state index in [0.29, 0.717) is 0 Å². The number of carbonyl (C=O) groups excluding carboxylic acids is 1. The average molecular weight is 171 g/mol. The second kappa shape index (κ2) is 2.98. The van der Waals surface area contributed by atoms with Crippen LogP contribution in [0.25, 0.3) is 0 Å². The molecule has 0 atom stereocenters. The molecular formula is C6H9NOSSi. The van der Waals surface area contributed by atoms with Crippen molar-refractivity contribution < 1.29 is 4.79 Å². The van der Waals surface area contributed by atoms with Gasteiger partial charge in [0.25, 0.3) is 0 Å². The molecule has 0 spiro atoms.